The lowest BCUT2D eigenvalue weighted by Crippen LogP contribution is -2.30. The fourth-order valence-electron chi connectivity index (χ4n) is 1.73. The van der Waals surface area contributed by atoms with Gasteiger partial charge in [0.1, 0.15) is 4.34 Å². The predicted octanol–water partition coefficient (Wildman–Crippen LogP) is 4.30. The number of carbonyl (C=O) groups is 1. The van der Waals surface area contributed by atoms with E-state index in [2.05, 4.69) is 0 Å². The highest BCUT2D eigenvalue weighted by Gasteiger charge is 2.20. The van der Waals surface area contributed by atoms with Gasteiger partial charge in [-0.25, -0.2) is 0 Å². The number of nitrogens with two attached hydrogens (primary N) is 1. The van der Waals surface area contributed by atoms with Crippen molar-refractivity contribution in [3.8, 4) is 0 Å². The van der Waals surface area contributed by atoms with Crippen LogP contribution < -0.4 is 10.6 Å². The second kappa shape index (κ2) is 5.82. The maximum atomic E-state index is 12.5. The minimum atomic E-state index is -0.166. The number of nitrogen functional groups attached to an aromatic ring is 1. The standard InChI is InChI=1S/C13H12Cl2N2OS/c1-2-17(9-5-3-8(16)4-6-9)13(18)10-7-11(14)19-12(10)15/h3-7H,2,16H2,1H3. The molecular weight excluding hydrogens is 303 g/mol. The normalized spacial score (nSPS) is 10.5. The highest BCUT2D eigenvalue weighted by molar-refractivity contribution is 7.20. The first-order valence-corrected chi connectivity index (χ1v) is 7.22. The molecule has 2 N–H and O–H groups in total. The molecule has 1 aromatic heterocycles. The summed E-state index contributed by atoms with van der Waals surface area (Å²) in [7, 11) is 0. The highest BCUT2D eigenvalue weighted by Crippen LogP contribution is 2.32. The van der Waals surface area contributed by atoms with Gasteiger partial charge in [-0.3, -0.25) is 4.79 Å². The summed E-state index contributed by atoms with van der Waals surface area (Å²) in [6, 6.07) is 8.72. The molecule has 1 amide bonds. The number of thiophene rings is 1. The molecule has 0 radical (unpaired) electrons. The summed E-state index contributed by atoms with van der Waals surface area (Å²) in [6.07, 6.45) is 0. The molecule has 0 aliphatic rings. The molecule has 0 fully saturated rings. The van der Waals surface area contributed by atoms with Gasteiger partial charge in [0.15, 0.2) is 0 Å². The lowest BCUT2D eigenvalue weighted by Gasteiger charge is -2.20. The van der Waals surface area contributed by atoms with Crippen molar-refractivity contribution >= 4 is 51.8 Å². The van der Waals surface area contributed by atoms with Gasteiger partial charge < -0.3 is 10.6 Å². The fourth-order valence-corrected chi connectivity index (χ4v) is 3.18. The Hall–Kier alpha value is -1.23. The zero-order valence-electron chi connectivity index (χ0n) is 10.2. The predicted molar refractivity (Wildman–Crippen MR) is 82.5 cm³/mol. The number of hydrogen-bond acceptors (Lipinski definition) is 3. The van der Waals surface area contributed by atoms with Crippen LogP contribution in [0.25, 0.3) is 0 Å². The second-order valence-electron chi connectivity index (χ2n) is 3.88. The van der Waals surface area contributed by atoms with Gasteiger partial charge in [-0.1, -0.05) is 23.2 Å². The Balaban J connectivity index is 2.34. The lowest BCUT2D eigenvalue weighted by atomic mass is 10.2. The van der Waals surface area contributed by atoms with Crippen LogP contribution in [0.15, 0.2) is 30.3 Å². The molecule has 3 nitrogen and oxygen atoms in total. The van der Waals surface area contributed by atoms with Gasteiger partial charge in [-0.15, -0.1) is 11.3 Å². The number of amides is 1. The molecule has 0 bridgehead atoms. The van der Waals surface area contributed by atoms with Crippen molar-refractivity contribution in [1.82, 2.24) is 0 Å². The van der Waals surface area contributed by atoms with Crippen LogP contribution in [0.3, 0.4) is 0 Å². The van der Waals surface area contributed by atoms with E-state index in [4.69, 9.17) is 28.9 Å². The van der Waals surface area contributed by atoms with Crippen LogP contribution in [0, 0.1) is 0 Å². The number of benzene rings is 1. The van der Waals surface area contributed by atoms with E-state index < -0.39 is 0 Å². The van der Waals surface area contributed by atoms with Gasteiger partial charge >= 0.3 is 0 Å². The summed E-state index contributed by atoms with van der Waals surface area (Å²) in [5.74, 6) is -0.166. The number of hydrogen-bond donors (Lipinski definition) is 1. The van der Waals surface area contributed by atoms with Crippen molar-refractivity contribution in [3.63, 3.8) is 0 Å². The topological polar surface area (TPSA) is 46.3 Å². The Morgan fingerprint density at radius 1 is 1.32 bits per heavy atom. The Morgan fingerprint density at radius 2 is 1.95 bits per heavy atom. The molecule has 19 heavy (non-hydrogen) atoms. The Morgan fingerprint density at radius 3 is 2.42 bits per heavy atom. The third-order valence-electron chi connectivity index (χ3n) is 2.65. The van der Waals surface area contributed by atoms with Gasteiger partial charge in [-0.2, -0.15) is 0 Å². The van der Waals surface area contributed by atoms with Crippen LogP contribution >= 0.6 is 34.5 Å². The van der Waals surface area contributed by atoms with Crippen molar-refractivity contribution in [2.24, 2.45) is 0 Å². The number of anilines is 2. The Bertz CT molecular complexity index is 595. The third kappa shape index (κ3) is 3.03. The maximum absolute atomic E-state index is 12.5. The van der Waals surface area contributed by atoms with E-state index in [1.807, 2.05) is 6.92 Å². The zero-order chi connectivity index (χ0) is 14.0. The van der Waals surface area contributed by atoms with Crippen LogP contribution in [0.4, 0.5) is 11.4 Å². The summed E-state index contributed by atoms with van der Waals surface area (Å²) >= 11 is 13.1. The number of rotatable bonds is 3. The van der Waals surface area contributed by atoms with E-state index in [0.29, 0.717) is 26.5 Å². The summed E-state index contributed by atoms with van der Waals surface area (Å²) in [6.45, 7) is 2.43. The van der Waals surface area contributed by atoms with Gasteiger partial charge in [0.2, 0.25) is 0 Å². The SMILES string of the molecule is CCN(C(=O)c1cc(Cl)sc1Cl)c1ccc(N)cc1. The number of halogens is 2. The minimum absolute atomic E-state index is 0.166. The first-order valence-electron chi connectivity index (χ1n) is 5.65. The van der Waals surface area contributed by atoms with E-state index in [0.717, 1.165) is 5.69 Å². The quantitative estimate of drug-likeness (QED) is 0.858. The van der Waals surface area contributed by atoms with Crippen molar-refractivity contribution in [1.29, 1.82) is 0 Å². The molecular formula is C13H12Cl2N2OS. The maximum Gasteiger partial charge on any atom is 0.260 e. The molecule has 0 atom stereocenters. The van der Waals surface area contributed by atoms with Crippen LogP contribution in [0.1, 0.15) is 17.3 Å². The lowest BCUT2D eigenvalue weighted by molar-refractivity contribution is 0.0989. The first kappa shape index (κ1) is 14.2. The fraction of sp³-hybridized carbons (Fsp3) is 0.154. The molecule has 0 saturated heterocycles. The smallest absolute Gasteiger partial charge is 0.260 e. The van der Waals surface area contributed by atoms with E-state index in [-0.39, 0.29) is 5.91 Å². The average molecular weight is 315 g/mol. The molecule has 0 unspecified atom stereocenters. The van der Waals surface area contributed by atoms with Crippen LogP contribution in [0.5, 0.6) is 0 Å². The molecule has 0 aliphatic heterocycles. The molecule has 0 spiro atoms. The molecule has 0 aliphatic carbocycles. The molecule has 2 aromatic rings. The zero-order valence-corrected chi connectivity index (χ0v) is 12.5. The van der Waals surface area contributed by atoms with E-state index in [1.54, 1.807) is 35.2 Å². The van der Waals surface area contributed by atoms with Crippen molar-refractivity contribution in [3.05, 3.63) is 44.6 Å². The van der Waals surface area contributed by atoms with Crippen LogP contribution in [-0.2, 0) is 0 Å². The Labute approximate surface area is 125 Å². The summed E-state index contributed by atoms with van der Waals surface area (Å²) < 4.78 is 0.908. The van der Waals surface area contributed by atoms with Gasteiger partial charge in [0, 0.05) is 17.9 Å². The van der Waals surface area contributed by atoms with Crippen molar-refractivity contribution in [2.75, 3.05) is 17.2 Å². The first-order chi connectivity index (χ1) is 9.02. The number of carbonyl (C=O) groups excluding carboxylic acids is 1. The van der Waals surface area contributed by atoms with Crippen LogP contribution in [-0.4, -0.2) is 12.5 Å². The molecule has 2 rings (SSSR count). The Kier molecular flexibility index (Phi) is 4.34. The second-order valence-corrected chi connectivity index (χ2v) is 6.16. The third-order valence-corrected chi connectivity index (χ3v) is 4.14. The average Bonchev–Trinajstić information content (AvgIpc) is 2.71. The summed E-state index contributed by atoms with van der Waals surface area (Å²) in [4.78, 5) is 14.1. The monoisotopic (exact) mass is 314 g/mol. The van der Waals surface area contributed by atoms with Gasteiger partial charge in [-0.05, 0) is 37.3 Å². The molecule has 1 heterocycles. The minimum Gasteiger partial charge on any atom is -0.399 e. The highest BCUT2D eigenvalue weighted by atomic mass is 35.5. The molecule has 0 saturated carbocycles. The molecule has 6 heteroatoms. The van der Waals surface area contributed by atoms with Crippen molar-refractivity contribution in [2.45, 2.75) is 6.92 Å². The van der Waals surface area contributed by atoms with Gasteiger partial charge in [0.25, 0.3) is 5.91 Å². The van der Waals surface area contributed by atoms with Gasteiger partial charge in [0.05, 0.1) is 9.90 Å². The van der Waals surface area contributed by atoms with E-state index in [9.17, 15) is 4.79 Å². The largest absolute Gasteiger partial charge is 0.399 e. The van der Waals surface area contributed by atoms with Crippen molar-refractivity contribution < 1.29 is 4.79 Å². The molecule has 100 valence electrons. The summed E-state index contributed by atoms with van der Waals surface area (Å²) in [5, 5.41) is 0. The summed E-state index contributed by atoms with van der Waals surface area (Å²) in [5.41, 5.74) is 7.50. The number of nitrogens with zero attached hydrogens (tertiary/aromatic N) is 1. The van der Waals surface area contributed by atoms with Crippen LogP contribution in [0.2, 0.25) is 8.67 Å². The van der Waals surface area contributed by atoms with E-state index in [1.165, 1.54) is 11.3 Å². The molecule has 1 aromatic carbocycles. The van der Waals surface area contributed by atoms with E-state index >= 15 is 0 Å².